The van der Waals surface area contributed by atoms with Crippen LogP contribution in [0.2, 0.25) is 5.02 Å². The molecule has 0 aliphatic heterocycles. The molecule has 2 saturated carbocycles. The monoisotopic (exact) mass is 305 g/mol. The summed E-state index contributed by atoms with van der Waals surface area (Å²) in [5.41, 5.74) is 4.05. The maximum atomic E-state index is 6.30. The van der Waals surface area contributed by atoms with Crippen LogP contribution in [0, 0.1) is 31.6 Å². The van der Waals surface area contributed by atoms with Crippen LogP contribution in [0.1, 0.15) is 61.8 Å². The number of rotatable bonds is 5. The van der Waals surface area contributed by atoms with Crippen molar-refractivity contribution in [3.63, 3.8) is 0 Å². The minimum Gasteiger partial charge on any atom is -0.310 e. The van der Waals surface area contributed by atoms with E-state index < -0.39 is 0 Å². The number of aryl methyl sites for hydroxylation is 2. The lowest BCUT2D eigenvalue weighted by Crippen LogP contribution is -2.32. The van der Waals surface area contributed by atoms with E-state index in [2.05, 4.69) is 38.2 Å². The first-order chi connectivity index (χ1) is 10.1. The first-order valence-corrected chi connectivity index (χ1v) is 8.98. The Morgan fingerprint density at radius 3 is 2.62 bits per heavy atom. The summed E-state index contributed by atoms with van der Waals surface area (Å²) in [5.74, 6) is 2.77. The lowest BCUT2D eigenvalue weighted by atomic mass is 9.79. The Morgan fingerprint density at radius 2 is 2.00 bits per heavy atom. The highest BCUT2D eigenvalue weighted by Crippen LogP contribution is 2.53. The molecule has 21 heavy (non-hydrogen) atoms. The molecular formula is C19H28ClN. The van der Waals surface area contributed by atoms with Gasteiger partial charge in [-0.1, -0.05) is 31.0 Å². The maximum Gasteiger partial charge on any atom is 0.0438 e. The van der Waals surface area contributed by atoms with Gasteiger partial charge < -0.3 is 5.32 Å². The van der Waals surface area contributed by atoms with E-state index in [9.17, 15) is 0 Å². The minimum absolute atomic E-state index is 0.524. The standard InChI is InChI=1S/C19H28ClN/c1-4-7-21-19(17-11-14-5-6-15(17)10-14)16-8-13(3)18(20)9-12(16)2/h8-9,14-15,17,19,21H,4-7,10-11H2,1-3H3. The third-order valence-corrected chi connectivity index (χ3v) is 6.12. The van der Waals surface area contributed by atoms with Gasteiger partial charge in [-0.25, -0.2) is 0 Å². The molecule has 2 bridgehead atoms. The van der Waals surface area contributed by atoms with Crippen molar-refractivity contribution >= 4 is 11.6 Å². The Morgan fingerprint density at radius 1 is 1.19 bits per heavy atom. The zero-order valence-corrected chi connectivity index (χ0v) is 14.3. The molecule has 0 heterocycles. The first-order valence-electron chi connectivity index (χ1n) is 8.60. The zero-order valence-electron chi connectivity index (χ0n) is 13.6. The Hall–Kier alpha value is -0.530. The van der Waals surface area contributed by atoms with E-state index >= 15 is 0 Å². The van der Waals surface area contributed by atoms with Crippen molar-refractivity contribution in [1.82, 2.24) is 5.32 Å². The summed E-state index contributed by atoms with van der Waals surface area (Å²) in [4.78, 5) is 0. The van der Waals surface area contributed by atoms with Crippen LogP contribution in [0.15, 0.2) is 12.1 Å². The molecule has 0 radical (unpaired) electrons. The van der Waals surface area contributed by atoms with Gasteiger partial charge in [0.25, 0.3) is 0 Å². The van der Waals surface area contributed by atoms with Gasteiger partial charge in [-0.15, -0.1) is 0 Å². The van der Waals surface area contributed by atoms with Crippen LogP contribution >= 0.6 is 11.6 Å². The molecule has 1 N–H and O–H groups in total. The van der Waals surface area contributed by atoms with Crippen LogP contribution in [0.5, 0.6) is 0 Å². The van der Waals surface area contributed by atoms with E-state index in [0.29, 0.717) is 6.04 Å². The highest BCUT2D eigenvalue weighted by molar-refractivity contribution is 6.31. The fourth-order valence-corrected chi connectivity index (χ4v) is 4.85. The van der Waals surface area contributed by atoms with Gasteiger partial charge in [0.05, 0.1) is 0 Å². The minimum atomic E-state index is 0.524. The molecule has 116 valence electrons. The largest absolute Gasteiger partial charge is 0.310 e. The van der Waals surface area contributed by atoms with Gasteiger partial charge in [-0.3, -0.25) is 0 Å². The summed E-state index contributed by atoms with van der Waals surface area (Å²) in [7, 11) is 0. The summed E-state index contributed by atoms with van der Waals surface area (Å²) in [6, 6.07) is 5.01. The third kappa shape index (κ3) is 3.00. The van der Waals surface area contributed by atoms with E-state index in [-0.39, 0.29) is 0 Å². The molecule has 3 rings (SSSR count). The molecule has 4 atom stereocenters. The Labute approximate surface area is 134 Å². The lowest BCUT2D eigenvalue weighted by molar-refractivity contribution is 0.250. The van der Waals surface area contributed by atoms with Gasteiger partial charge >= 0.3 is 0 Å². The SMILES string of the molecule is CCCNC(c1cc(C)c(Cl)cc1C)C1CC2CCC1C2. The number of nitrogens with one attached hydrogen (secondary N) is 1. The Bertz CT molecular complexity index is 511. The fourth-order valence-electron chi connectivity index (χ4n) is 4.63. The third-order valence-electron chi connectivity index (χ3n) is 5.72. The van der Waals surface area contributed by atoms with Gasteiger partial charge in [0, 0.05) is 11.1 Å². The van der Waals surface area contributed by atoms with Gasteiger partial charge in [0.2, 0.25) is 0 Å². The van der Waals surface area contributed by atoms with Crippen molar-refractivity contribution < 1.29 is 0 Å². The van der Waals surface area contributed by atoms with Gasteiger partial charge in [-0.2, -0.15) is 0 Å². The van der Waals surface area contributed by atoms with Crippen molar-refractivity contribution in [2.45, 2.75) is 58.9 Å². The second kappa shape index (κ2) is 6.30. The van der Waals surface area contributed by atoms with Crippen molar-refractivity contribution in [1.29, 1.82) is 0 Å². The number of fused-ring (bicyclic) bond motifs is 2. The van der Waals surface area contributed by atoms with Crippen molar-refractivity contribution in [2.75, 3.05) is 6.54 Å². The average molecular weight is 306 g/mol. The fraction of sp³-hybridized carbons (Fsp3) is 0.684. The molecule has 0 saturated heterocycles. The van der Waals surface area contributed by atoms with E-state index in [1.807, 2.05) is 0 Å². The number of benzene rings is 1. The van der Waals surface area contributed by atoms with Gasteiger partial charge in [0.1, 0.15) is 0 Å². The average Bonchev–Trinajstić information content (AvgIpc) is 3.07. The quantitative estimate of drug-likeness (QED) is 0.764. The summed E-state index contributed by atoms with van der Waals surface area (Å²) < 4.78 is 0. The number of hydrogen-bond donors (Lipinski definition) is 1. The second-order valence-electron chi connectivity index (χ2n) is 7.23. The smallest absolute Gasteiger partial charge is 0.0438 e. The van der Waals surface area contributed by atoms with E-state index in [0.717, 1.165) is 29.3 Å². The molecule has 1 nitrogen and oxygen atoms in total. The van der Waals surface area contributed by atoms with E-state index in [4.69, 9.17) is 11.6 Å². The highest BCUT2D eigenvalue weighted by Gasteiger charge is 2.43. The molecule has 1 aromatic rings. The van der Waals surface area contributed by atoms with Crippen molar-refractivity contribution in [3.05, 3.63) is 33.8 Å². The van der Waals surface area contributed by atoms with Crippen LogP contribution in [0.4, 0.5) is 0 Å². The molecule has 0 amide bonds. The van der Waals surface area contributed by atoms with Crippen LogP contribution in [0.3, 0.4) is 0 Å². The Kier molecular flexibility index (Phi) is 4.61. The molecule has 2 aliphatic carbocycles. The first kappa shape index (κ1) is 15.4. The molecule has 4 unspecified atom stereocenters. The highest BCUT2D eigenvalue weighted by atomic mass is 35.5. The van der Waals surface area contributed by atoms with Crippen molar-refractivity contribution in [3.8, 4) is 0 Å². The second-order valence-corrected chi connectivity index (χ2v) is 7.64. The number of hydrogen-bond acceptors (Lipinski definition) is 1. The van der Waals surface area contributed by atoms with Gasteiger partial charge in [0.15, 0.2) is 0 Å². The van der Waals surface area contributed by atoms with Crippen LogP contribution in [0.25, 0.3) is 0 Å². The molecule has 2 fully saturated rings. The number of halogens is 1. The maximum absolute atomic E-state index is 6.30. The molecule has 2 aliphatic rings. The normalized spacial score (nSPS) is 29.0. The van der Waals surface area contributed by atoms with Crippen molar-refractivity contribution in [2.24, 2.45) is 17.8 Å². The Balaban J connectivity index is 1.90. The van der Waals surface area contributed by atoms with Gasteiger partial charge in [-0.05, 0) is 86.6 Å². The predicted molar refractivity (Wildman–Crippen MR) is 90.9 cm³/mol. The lowest BCUT2D eigenvalue weighted by Gasteiger charge is -2.33. The molecule has 0 aromatic heterocycles. The topological polar surface area (TPSA) is 12.0 Å². The predicted octanol–water partition coefficient (Wildman–Crippen LogP) is 5.43. The summed E-state index contributed by atoms with van der Waals surface area (Å²) in [6.45, 7) is 7.71. The zero-order chi connectivity index (χ0) is 15.0. The van der Waals surface area contributed by atoms with Crippen LogP contribution in [-0.4, -0.2) is 6.54 Å². The van der Waals surface area contributed by atoms with Crippen LogP contribution in [-0.2, 0) is 0 Å². The molecular weight excluding hydrogens is 278 g/mol. The van der Waals surface area contributed by atoms with E-state index in [1.165, 1.54) is 48.8 Å². The molecule has 1 aromatic carbocycles. The van der Waals surface area contributed by atoms with Crippen LogP contribution < -0.4 is 5.32 Å². The summed E-state index contributed by atoms with van der Waals surface area (Å²) in [6.07, 6.45) is 7.02. The molecule has 0 spiro atoms. The summed E-state index contributed by atoms with van der Waals surface area (Å²) in [5, 5.41) is 4.76. The molecule has 2 heteroatoms. The van der Waals surface area contributed by atoms with E-state index in [1.54, 1.807) is 0 Å². The summed E-state index contributed by atoms with van der Waals surface area (Å²) >= 11 is 6.30.